The Kier molecular flexibility index (Phi) is 8.39. The lowest BCUT2D eigenvalue weighted by molar-refractivity contribution is 0.0875. The van der Waals surface area contributed by atoms with E-state index in [1.165, 1.54) is 18.4 Å². The zero-order valence-electron chi connectivity index (χ0n) is 23.6. The molecule has 1 saturated heterocycles. The van der Waals surface area contributed by atoms with Crippen molar-refractivity contribution in [1.29, 1.82) is 0 Å². The van der Waals surface area contributed by atoms with Crippen LogP contribution in [0.4, 0.5) is 0 Å². The van der Waals surface area contributed by atoms with Crippen molar-refractivity contribution in [1.82, 2.24) is 10.2 Å². The van der Waals surface area contributed by atoms with Gasteiger partial charge in [0.2, 0.25) is 0 Å². The van der Waals surface area contributed by atoms with Gasteiger partial charge in [-0.05, 0) is 104 Å². The van der Waals surface area contributed by atoms with E-state index in [-0.39, 0.29) is 17.6 Å². The number of carbonyl (C=O) groups is 2. The molecule has 1 aliphatic heterocycles. The summed E-state index contributed by atoms with van der Waals surface area (Å²) in [5, 5.41) is 3.06. The maximum Gasteiger partial charge on any atom is 0.251 e. The summed E-state index contributed by atoms with van der Waals surface area (Å²) in [4.78, 5) is 28.9. The molecule has 1 fully saturated rings. The third-order valence-electron chi connectivity index (χ3n) is 8.91. The van der Waals surface area contributed by atoms with Crippen molar-refractivity contribution in [3.8, 4) is 11.1 Å². The fourth-order valence-electron chi connectivity index (χ4n) is 6.47. The number of Topliss-reactive ketones (excluding diaryl/α,β-unsaturated/α-hetero) is 1. The van der Waals surface area contributed by atoms with Gasteiger partial charge in [0.1, 0.15) is 0 Å². The number of aryl methyl sites for hydroxylation is 1. The molecule has 4 aromatic carbocycles. The zero-order valence-corrected chi connectivity index (χ0v) is 23.6. The number of nitrogens with one attached hydrogen (secondary N) is 1. The Morgan fingerprint density at radius 2 is 1.51 bits per heavy atom. The first kappa shape index (κ1) is 27.2. The predicted molar refractivity (Wildman–Crippen MR) is 165 cm³/mol. The van der Waals surface area contributed by atoms with Crippen LogP contribution in [0.3, 0.4) is 0 Å². The van der Waals surface area contributed by atoms with Gasteiger partial charge in [-0.25, -0.2) is 0 Å². The van der Waals surface area contributed by atoms with Crippen LogP contribution in [-0.4, -0.2) is 36.2 Å². The maximum atomic E-state index is 13.3. The Morgan fingerprint density at radius 1 is 0.780 bits per heavy atom. The first-order valence-electron chi connectivity index (χ1n) is 15.0. The van der Waals surface area contributed by atoms with Crippen molar-refractivity contribution in [3.63, 3.8) is 0 Å². The van der Waals surface area contributed by atoms with Crippen LogP contribution >= 0.6 is 0 Å². The molecule has 0 saturated carbocycles. The van der Waals surface area contributed by atoms with Crippen molar-refractivity contribution < 1.29 is 9.59 Å². The van der Waals surface area contributed by atoms with Gasteiger partial charge in [0.05, 0.1) is 0 Å². The first-order chi connectivity index (χ1) is 20.1. The molecule has 2 aliphatic rings. The summed E-state index contributed by atoms with van der Waals surface area (Å²) in [5.74, 6) is 0.869. The summed E-state index contributed by atoms with van der Waals surface area (Å²) in [6, 6.07) is 35.0. The smallest absolute Gasteiger partial charge is 0.251 e. The highest BCUT2D eigenvalue weighted by Gasteiger charge is 2.29. The summed E-state index contributed by atoms with van der Waals surface area (Å²) < 4.78 is 0. The molecule has 1 atom stereocenters. The molecule has 6 rings (SSSR count). The molecular weight excluding hydrogens is 504 g/mol. The van der Waals surface area contributed by atoms with Gasteiger partial charge < -0.3 is 10.2 Å². The van der Waals surface area contributed by atoms with Gasteiger partial charge in [-0.15, -0.1) is 0 Å². The number of rotatable bonds is 8. The van der Waals surface area contributed by atoms with Crippen LogP contribution in [-0.2, 0) is 13.0 Å². The zero-order chi connectivity index (χ0) is 28.0. The van der Waals surface area contributed by atoms with Crippen LogP contribution in [0.25, 0.3) is 11.1 Å². The number of hydrogen-bond donors (Lipinski definition) is 1. The summed E-state index contributed by atoms with van der Waals surface area (Å²) in [5.41, 5.74) is 7.23. The number of carbonyl (C=O) groups excluding carboxylic acids is 2. The second-order valence-electron chi connectivity index (χ2n) is 11.5. The number of ketones is 1. The van der Waals surface area contributed by atoms with Crippen LogP contribution in [0, 0.1) is 5.92 Å². The molecule has 4 aromatic rings. The standard InChI is InChI=1S/C37H38N2O2/c40-36-31(20-23-39-21-18-30(19-22-39)28-9-3-1-4-10-28)14-15-33-25-34(16-17-35(33)36)37(41)38-26-27-8-7-13-32(24-27)29-11-5-2-6-12-29/h1-13,16-17,24-25,30-31H,14-15,18-23,26H2,(H,38,41). The average Bonchev–Trinajstić information content (AvgIpc) is 3.04. The number of amides is 1. The number of likely N-dealkylation sites (tertiary alicyclic amines) is 1. The van der Waals surface area contributed by atoms with Crippen molar-refractivity contribution in [2.45, 2.75) is 44.6 Å². The molecule has 0 bridgehead atoms. The molecular formula is C37H38N2O2. The van der Waals surface area contributed by atoms with Crippen LogP contribution in [0.5, 0.6) is 0 Å². The summed E-state index contributed by atoms with van der Waals surface area (Å²) in [6.07, 6.45) is 5.01. The molecule has 4 nitrogen and oxygen atoms in total. The largest absolute Gasteiger partial charge is 0.348 e. The van der Waals surface area contributed by atoms with Crippen molar-refractivity contribution in [3.05, 3.63) is 131 Å². The van der Waals surface area contributed by atoms with Crippen LogP contribution in [0.15, 0.2) is 103 Å². The minimum atomic E-state index is -0.105. The van der Waals surface area contributed by atoms with E-state index in [1.54, 1.807) is 0 Å². The molecule has 0 aromatic heterocycles. The average molecular weight is 543 g/mol. The number of fused-ring (bicyclic) bond motifs is 1. The minimum absolute atomic E-state index is 0.0749. The van der Waals surface area contributed by atoms with E-state index in [2.05, 4.69) is 64.8 Å². The van der Waals surface area contributed by atoms with E-state index in [1.807, 2.05) is 48.5 Å². The van der Waals surface area contributed by atoms with E-state index in [0.717, 1.165) is 66.7 Å². The highest BCUT2D eigenvalue weighted by molar-refractivity contribution is 6.02. The quantitative estimate of drug-likeness (QED) is 0.254. The Morgan fingerprint density at radius 3 is 2.29 bits per heavy atom. The number of piperidine rings is 1. The minimum Gasteiger partial charge on any atom is -0.348 e. The van der Waals surface area contributed by atoms with Gasteiger partial charge in [-0.1, -0.05) is 84.9 Å². The molecule has 208 valence electrons. The lowest BCUT2D eigenvalue weighted by atomic mass is 9.80. The molecule has 0 spiro atoms. The van der Waals surface area contributed by atoms with Crippen molar-refractivity contribution in [2.24, 2.45) is 5.92 Å². The van der Waals surface area contributed by atoms with Gasteiger partial charge in [-0.3, -0.25) is 9.59 Å². The summed E-state index contributed by atoms with van der Waals surface area (Å²) in [6.45, 7) is 3.65. The van der Waals surface area contributed by atoms with Gasteiger partial charge in [0.25, 0.3) is 5.91 Å². The number of benzene rings is 4. The molecule has 1 heterocycles. The highest BCUT2D eigenvalue weighted by atomic mass is 16.1. The third kappa shape index (κ3) is 6.49. The SMILES string of the molecule is O=C(NCc1cccc(-c2ccccc2)c1)c1ccc2c(c1)CCC(CCN1CCC(c3ccccc3)CC1)C2=O. The van der Waals surface area contributed by atoms with Gasteiger partial charge >= 0.3 is 0 Å². The fourth-order valence-corrected chi connectivity index (χ4v) is 6.47. The highest BCUT2D eigenvalue weighted by Crippen LogP contribution is 2.31. The fraction of sp³-hybridized carbons (Fsp3) is 0.297. The molecule has 1 amide bonds. The summed E-state index contributed by atoms with van der Waals surface area (Å²) >= 11 is 0. The third-order valence-corrected chi connectivity index (χ3v) is 8.91. The van der Waals surface area contributed by atoms with Gasteiger partial charge in [0, 0.05) is 23.6 Å². The van der Waals surface area contributed by atoms with Crippen LogP contribution in [0.1, 0.15) is 69.0 Å². The van der Waals surface area contributed by atoms with E-state index in [0.29, 0.717) is 18.0 Å². The van der Waals surface area contributed by atoms with Crippen LogP contribution in [0.2, 0.25) is 0 Å². The van der Waals surface area contributed by atoms with E-state index in [9.17, 15) is 9.59 Å². The second kappa shape index (κ2) is 12.7. The van der Waals surface area contributed by atoms with E-state index < -0.39 is 0 Å². The Hall–Kier alpha value is -4.02. The van der Waals surface area contributed by atoms with Gasteiger partial charge in [0.15, 0.2) is 5.78 Å². The summed E-state index contributed by atoms with van der Waals surface area (Å²) in [7, 11) is 0. The molecule has 1 N–H and O–H groups in total. The first-order valence-corrected chi connectivity index (χ1v) is 15.0. The Bertz CT molecular complexity index is 1490. The normalized spacial score (nSPS) is 17.7. The predicted octanol–water partition coefficient (Wildman–Crippen LogP) is 7.30. The Labute approximate surface area is 243 Å². The van der Waals surface area contributed by atoms with Crippen molar-refractivity contribution in [2.75, 3.05) is 19.6 Å². The number of hydrogen-bond acceptors (Lipinski definition) is 3. The van der Waals surface area contributed by atoms with E-state index >= 15 is 0 Å². The lowest BCUT2D eigenvalue weighted by Gasteiger charge is -2.33. The molecule has 41 heavy (non-hydrogen) atoms. The number of nitrogens with zero attached hydrogens (tertiary/aromatic N) is 1. The molecule has 1 aliphatic carbocycles. The molecule has 0 radical (unpaired) electrons. The van der Waals surface area contributed by atoms with E-state index in [4.69, 9.17) is 0 Å². The monoisotopic (exact) mass is 542 g/mol. The topological polar surface area (TPSA) is 49.4 Å². The Balaban J connectivity index is 1.01. The van der Waals surface area contributed by atoms with Crippen molar-refractivity contribution >= 4 is 11.7 Å². The molecule has 4 heteroatoms. The van der Waals surface area contributed by atoms with Gasteiger partial charge in [-0.2, -0.15) is 0 Å². The maximum absolute atomic E-state index is 13.3. The lowest BCUT2D eigenvalue weighted by Crippen LogP contribution is -2.35. The van der Waals surface area contributed by atoms with Crippen LogP contribution < -0.4 is 5.32 Å². The molecule has 1 unspecified atom stereocenters. The second-order valence-corrected chi connectivity index (χ2v) is 11.5.